The first-order chi connectivity index (χ1) is 13.1. The molecule has 1 aliphatic heterocycles. The number of hydrogen-bond acceptors (Lipinski definition) is 2. The van der Waals surface area contributed by atoms with Gasteiger partial charge in [-0.1, -0.05) is 24.3 Å². The van der Waals surface area contributed by atoms with Crippen LogP contribution < -0.4 is 5.43 Å². The number of benzene rings is 2. The van der Waals surface area contributed by atoms with E-state index < -0.39 is 0 Å². The molecule has 3 aromatic rings. The van der Waals surface area contributed by atoms with Gasteiger partial charge in [0.1, 0.15) is 12.4 Å². The molecule has 1 fully saturated rings. The van der Waals surface area contributed by atoms with Crippen molar-refractivity contribution in [2.24, 2.45) is 0 Å². The average Bonchev–Trinajstić information content (AvgIpc) is 2.70. The Bertz CT molecular complexity index is 1040. The highest BCUT2D eigenvalue weighted by Gasteiger charge is 2.28. The molecule has 2 heterocycles. The van der Waals surface area contributed by atoms with Gasteiger partial charge < -0.3 is 9.47 Å². The number of hydrogen-bond donors (Lipinski definition) is 0. The molecule has 0 radical (unpaired) electrons. The van der Waals surface area contributed by atoms with Gasteiger partial charge in [-0.05, 0) is 49.1 Å². The topological polar surface area (TPSA) is 42.3 Å². The van der Waals surface area contributed by atoms with Gasteiger partial charge in [-0.2, -0.15) is 0 Å². The molecule has 2 aromatic carbocycles. The van der Waals surface area contributed by atoms with Crippen molar-refractivity contribution < 1.29 is 9.18 Å². The van der Waals surface area contributed by atoms with Gasteiger partial charge in [0, 0.05) is 24.2 Å². The van der Waals surface area contributed by atoms with Gasteiger partial charge in [-0.25, -0.2) is 4.39 Å². The summed E-state index contributed by atoms with van der Waals surface area (Å²) in [5.74, 6) is -0.297. The largest absolute Gasteiger partial charge is 0.338 e. The Hall–Kier alpha value is -2.95. The molecule has 4 rings (SSSR count). The van der Waals surface area contributed by atoms with Crippen LogP contribution in [0.5, 0.6) is 0 Å². The third kappa shape index (κ3) is 3.50. The molecule has 5 heteroatoms. The second kappa shape index (κ2) is 7.35. The third-order valence-electron chi connectivity index (χ3n) is 5.25. The Morgan fingerprint density at radius 1 is 1.07 bits per heavy atom. The van der Waals surface area contributed by atoms with Crippen molar-refractivity contribution in [3.8, 4) is 0 Å². The minimum Gasteiger partial charge on any atom is -0.338 e. The number of carbonyl (C=O) groups excluding carboxylic acids is 1. The summed E-state index contributed by atoms with van der Waals surface area (Å²) >= 11 is 0. The van der Waals surface area contributed by atoms with Crippen LogP contribution in [0.4, 0.5) is 4.39 Å². The number of pyridine rings is 1. The maximum Gasteiger partial charge on any atom is 0.243 e. The first-order valence-corrected chi connectivity index (χ1v) is 9.26. The van der Waals surface area contributed by atoms with E-state index in [0.717, 1.165) is 30.3 Å². The number of likely N-dealkylation sites (tertiary alicyclic amines) is 1. The Labute approximate surface area is 156 Å². The summed E-state index contributed by atoms with van der Waals surface area (Å²) in [4.78, 5) is 27.0. The van der Waals surface area contributed by atoms with E-state index in [1.165, 1.54) is 18.2 Å². The summed E-state index contributed by atoms with van der Waals surface area (Å²) in [5, 5.41) is 0.605. The Balaban J connectivity index is 1.64. The summed E-state index contributed by atoms with van der Waals surface area (Å²) in [6, 6.07) is 15.2. The Morgan fingerprint density at radius 2 is 1.93 bits per heavy atom. The van der Waals surface area contributed by atoms with Crippen molar-refractivity contribution in [3.05, 3.63) is 82.4 Å². The second-order valence-electron chi connectivity index (χ2n) is 6.98. The van der Waals surface area contributed by atoms with E-state index in [1.54, 1.807) is 18.3 Å². The number of amides is 1. The summed E-state index contributed by atoms with van der Waals surface area (Å²) in [6.45, 7) is 0.824. The summed E-state index contributed by atoms with van der Waals surface area (Å²) < 4.78 is 15.5. The average molecular weight is 364 g/mol. The lowest BCUT2D eigenvalue weighted by Crippen LogP contribution is -2.40. The van der Waals surface area contributed by atoms with E-state index in [9.17, 15) is 14.0 Å². The van der Waals surface area contributed by atoms with Crippen LogP contribution in [0.2, 0.25) is 0 Å². The van der Waals surface area contributed by atoms with Crippen LogP contribution in [0.15, 0.2) is 65.6 Å². The van der Waals surface area contributed by atoms with Gasteiger partial charge >= 0.3 is 0 Å². The normalized spacial score (nSPS) is 17.2. The lowest BCUT2D eigenvalue weighted by molar-refractivity contribution is -0.135. The summed E-state index contributed by atoms with van der Waals surface area (Å²) in [7, 11) is 0. The molecule has 1 saturated heterocycles. The van der Waals surface area contributed by atoms with Crippen LogP contribution in [-0.2, 0) is 11.3 Å². The highest BCUT2D eigenvalue weighted by molar-refractivity contribution is 5.82. The minimum atomic E-state index is -0.281. The number of fused-ring (bicyclic) bond motifs is 1. The van der Waals surface area contributed by atoms with Crippen molar-refractivity contribution in [2.75, 3.05) is 6.54 Å². The lowest BCUT2D eigenvalue weighted by atomic mass is 9.95. The Morgan fingerprint density at radius 3 is 2.78 bits per heavy atom. The molecule has 1 aliphatic rings. The molecule has 27 heavy (non-hydrogen) atoms. The van der Waals surface area contributed by atoms with Gasteiger partial charge in [0.2, 0.25) is 5.91 Å². The maximum atomic E-state index is 13.7. The zero-order valence-corrected chi connectivity index (χ0v) is 15.0. The molecular weight excluding hydrogens is 343 g/mol. The van der Waals surface area contributed by atoms with Crippen LogP contribution in [0.25, 0.3) is 10.9 Å². The van der Waals surface area contributed by atoms with Crippen molar-refractivity contribution in [1.29, 1.82) is 0 Å². The molecule has 0 saturated carbocycles. The van der Waals surface area contributed by atoms with Gasteiger partial charge in [0.15, 0.2) is 5.43 Å². The van der Waals surface area contributed by atoms with Gasteiger partial charge in [0.25, 0.3) is 0 Å². The molecule has 1 atom stereocenters. The molecule has 138 valence electrons. The number of piperidine rings is 1. The number of aromatic nitrogens is 1. The molecule has 0 spiro atoms. The predicted octanol–water partition coefficient (Wildman–Crippen LogP) is 3.89. The van der Waals surface area contributed by atoms with Crippen LogP contribution >= 0.6 is 0 Å². The van der Waals surface area contributed by atoms with E-state index in [2.05, 4.69) is 0 Å². The van der Waals surface area contributed by atoms with Crippen molar-refractivity contribution in [3.63, 3.8) is 0 Å². The van der Waals surface area contributed by atoms with Crippen LogP contribution in [0, 0.1) is 5.82 Å². The second-order valence-corrected chi connectivity index (χ2v) is 6.98. The molecule has 1 unspecified atom stereocenters. The van der Waals surface area contributed by atoms with Crippen LogP contribution in [0.3, 0.4) is 0 Å². The molecule has 1 aromatic heterocycles. The van der Waals surface area contributed by atoms with E-state index >= 15 is 0 Å². The Kier molecular flexibility index (Phi) is 4.75. The highest BCUT2D eigenvalue weighted by atomic mass is 19.1. The predicted molar refractivity (Wildman–Crippen MR) is 103 cm³/mol. The molecule has 4 nitrogen and oxygen atoms in total. The minimum absolute atomic E-state index is 0.0160. The zero-order valence-electron chi connectivity index (χ0n) is 15.0. The van der Waals surface area contributed by atoms with E-state index in [-0.39, 0.29) is 29.7 Å². The van der Waals surface area contributed by atoms with Crippen LogP contribution in [0.1, 0.15) is 30.9 Å². The fourth-order valence-corrected chi connectivity index (χ4v) is 3.93. The standard InChI is InChI=1S/C22H21FN2O2/c23-17-7-5-6-16(14-17)19-9-3-4-12-25(19)22(27)15-24-13-11-21(26)18-8-1-2-10-20(18)24/h1-2,5-8,10-11,13-14,19H,3-4,9,12,15H2. The van der Waals surface area contributed by atoms with Gasteiger partial charge in [-0.15, -0.1) is 0 Å². The smallest absolute Gasteiger partial charge is 0.243 e. The molecule has 0 aliphatic carbocycles. The molecule has 0 bridgehead atoms. The number of para-hydroxylation sites is 1. The number of rotatable bonds is 3. The summed E-state index contributed by atoms with van der Waals surface area (Å²) in [6.07, 6.45) is 4.47. The number of halogens is 1. The van der Waals surface area contributed by atoms with Crippen molar-refractivity contribution in [2.45, 2.75) is 31.8 Å². The van der Waals surface area contributed by atoms with E-state index in [1.807, 2.05) is 33.7 Å². The first kappa shape index (κ1) is 17.5. The van der Waals surface area contributed by atoms with Crippen LogP contribution in [-0.4, -0.2) is 21.9 Å². The fourth-order valence-electron chi connectivity index (χ4n) is 3.93. The van der Waals surface area contributed by atoms with Crippen molar-refractivity contribution in [1.82, 2.24) is 9.47 Å². The fraction of sp³-hybridized carbons (Fsp3) is 0.273. The first-order valence-electron chi connectivity index (χ1n) is 9.26. The molecule has 1 amide bonds. The van der Waals surface area contributed by atoms with E-state index in [4.69, 9.17) is 0 Å². The van der Waals surface area contributed by atoms with Gasteiger partial charge in [-0.3, -0.25) is 9.59 Å². The third-order valence-corrected chi connectivity index (χ3v) is 5.25. The quantitative estimate of drug-likeness (QED) is 0.707. The molecular formula is C22H21FN2O2. The maximum absolute atomic E-state index is 13.7. The molecule has 0 N–H and O–H groups in total. The lowest BCUT2D eigenvalue weighted by Gasteiger charge is -2.36. The SMILES string of the molecule is O=C(Cn1ccc(=O)c2ccccc21)N1CCCCC1c1cccc(F)c1. The van der Waals surface area contributed by atoms with Gasteiger partial charge in [0.05, 0.1) is 11.6 Å². The summed E-state index contributed by atoms with van der Waals surface area (Å²) in [5.41, 5.74) is 1.54. The van der Waals surface area contributed by atoms with E-state index in [0.29, 0.717) is 11.9 Å². The highest BCUT2D eigenvalue weighted by Crippen LogP contribution is 2.31. The van der Waals surface area contributed by atoms with Crippen molar-refractivity contribution >= 4 is 16.8 Å². The monoisotopic (exact) mass is 364 g/mol. The zero-order chi connectivity index (χ0) is 18.8. The number of carbonyl (C=O) groups is 1. The number of nitrogens with zero attached hydrogens (tertiary/aromatic N) is 2.